The summed E-state index contributed by atoms with van der Waals surface area (Å²) in [5.74, 6) is 0.108. The summed E-state index contributed by atoms with van der Waals surface area (Å²) >= 11 is 0. The van der Waals surface area contributed by atoms with Crippen molar-refractivity contribution in [3.8, 4) is 22.5 Å². The fourth-order valence-corrected chi connectivity index (χ4v) is 5.44. The van der Waals surface area contributed by atoms with Crippen LogP contribution in [-0.4, -0.2) is 55.1 Å². The second-order valence-electron chi connectivity index (χ2n) is 9.62. The molecule has 0 radical (unpaired) electrons. The Bertz CT molecular complexity index is 1430. The molecule has 2 aliphatic rings. The van der Waals surface area contributed by atoms with Gasteiger partial charge in [-0.2, -0.15) is 10.2 Å². The number of aryl methyl sites for hydroxylation is 1. The van der Waals surface area contributed by atoms with Gasteiger partial charge in [-0.05, 0) is 31.2 Å². The molecule has 5 heterocycles. The number of rotatable bonds is 3. The second kappa shape index (κ2) is 12.6. The van der Waals surface area contributed by atoms with Crippen molar-refractivity contribution >= 4 is 16.7 Å². The van der Waals surface area contributed by atoms with E-state index in [1.54, 1.807) is 6.92 Å². The van der Waals surface area contributed by atoms with E-state index in [9.17, 15) is 4.79 Å². The third-order valence-corrected chi connectivity index (χ3v) is 7.60. The fourth-order valence-electron chi connectivity index (χ4n) is 5.44. The third kappa shape index (κ3) is 5.48. The average molecular weight is 531 g/mol. The highest BCUT2D eigenvalue weighted by atomic mass is 16.5. The quantitative estimate of drug-likeness (QED) is 0.319. The van der Waals surface area contributed by atoms with Gasteiger partial charge in [0.2, 0.25) is 5.91 Å². The van der Waals surface area contributed by atoms with Crippen LogP contribution in [0.1, 0.15) is 70.5 Å². The van der Waals surface area contributed by atoms with Gasteiger partial charge in [0, 0.05) is 86.4 Å². The number of carbonyl (C=O) groups excluding carboxylic acids is 1. The van der Waals surface area contributed by atoms with Gasteiger partial charge in [0.1, 0.15) is 0 Å². The number of aromatic nitrogens is 5. The molecule has 1 aromatic carbocycles. The van der Waals surface area contributed by atoms with Crippen LogP contribution in [-0.2, 0) is 29.5 Å². The van der Waals surface area contributed by atoms with E-state index >= 15 is 0 Å². The van der Waals surface area contributed by atoms with Crippen LogP contribution in [0.15, 0.2) is 36.7 Å². The minimum Gasteiger partial charge on any atom is -0.381 e. The molecular weight excluding hydrogens is 488 g/mol. The normalized spacial score (nSPS) is 15.2. The van der Waals surface area contributed by atoms with E-state index in [1.807, 2.05) is 56.7 Å². The molecule has 0 N–H and O–H groups in total. The highest BCUT2D eigenvalue weighted by Crippen LogP contribution is 2.37. The fraction of sp³-hybridized carbons (Fsp3) is 0.484. The second-order valence-corrected chi connectivity index (χ2v) is 9.62. The van der Waals surface area contributed by atoms with Crippen LogP contribution in [0.4, 0.5) is 0 Å². The number of hydrogen-bond donors (Lipinski definition) is 0. The summed E-state index contributed by atoms with van der Waals surface area (Å²) < 4.78 is 9.72. The molecule has 8 heteroatoms. The molecule has 6 rings (SSSR count). The van der Waals surface area contributed by atoms with Crippen molar-refractivity contribution in [2.75, 3.05) is 19.8 Å². The van der Waals surface area contributed by atoms with Crippen LogP contribution in [0, 0.1) is 6.92 Å². The summed E-state index contributed by atoms with van der Waals surface area (Å²) in [6.45, 7) is 14.6. The molecule has 8 nitrogen and oxygen atoms in total. The number of ether oxygens (including phenoxy) is 1. The van der Waals surface area contributed by atoms with Gasteiger partial charge in [-0.15, -0.1) is 0 Å². The number of carbonyl (C=O) groups is 1. The molecule has 0 atom stereocenters. The maximum Gasteiger partial charge on any atom is 0.219 e. The average Bonchev–Trinajstić information content (AvgIpc) is 3.54. The van der Waals surface area contributed by atoms with Crippen molar-refractivity contribution in [1.82, 2.24) is 29.4 Å². The largest absolute Gasteiger partial charge is 0.381 e. The molecule has 0 bridgehead atoms. The molecule has 0 saturated carbocycles. The number of fused-ring (bicyclic) bond motifs is 2. The Labute approximate surface area is 232 Å². The van der Waals surface area contributed by atoms with Gasteiger partial charge in [0.15, 0.2) is 0 Å². The first kappa shape index (κ1) is 28.5. The standard InChI is InChI=1S/C27H30N6O2.2C2H6/c1-17-22(15-29-31(17)3)25-13-19-5-4-6-21(23(19)14-28-25)27-24-16-32(18(2)34)10-7-26(24)33(30-27)20-8-11-35-12-9-20;2*1-2/h4-6,13-15,20H,7-12,16H2,1-3H3;2*1-2H3. The Balaban J connectivity index is 0.000000845. The molecule has 4 aromatic rings. The van der Waals surface area contributed by atoms with E-state index in [0.29, 0.717) is 12.6 Å². The topological polar surface area (TPSA) is 78.1 Å². The van der Waals surface area contributed by atoms with Crippen molar-refractivity contribution < 1.29 is 9.53 Å². The Morgan fingerprint density at radius 3 is 2.46 bits per heavy atom. The van der Waals surface area contributed by atoms with Gasteiger partial charge >= 0.3 is 0 Å². The summed E-state index contributed by atoms with van der Waals surface area (Å²) in [6, 6.07) is 8.81. The highest BCUT2D eigenvalue weighted by Gasteiger charge is 2.30. The zero-order chi connectivity index (χ0) is 28.1. The summed E-state index contributed by atoms with van der Waals surface area (Å²) in [4.78, 5) is 19.0. The third-order valence-electron chi connectivity index (χ3n) is 7.60. The molecule has 0 aliphatic carbocycles. The predicted octanol–water partition coefficient (Wildman–Crippen LogP) is 6.12. The highest BCUT2D eigenvalue weighted by molar-refractivity contribution is 5.97. The van der Waals surface area contributed by atoms with E-state index in [4.69, 9.17) is 14.8 Å². The summed E-state index contributed by atoms with van der Waals surface area (Å²) in [5, 5.41) is 11.8. The zero-order valence-electron chi connectivity index (χ0n) is 24.5. The minimum atomic E-state index is 0.108. The smallest absolute Gasteiger partial charge is 0.219 e. The van der Waals surface area contributed by atoms with E-state index < -0.39 is 0 Å². The lowest BCUT2D eigenvalue weighted by Crippen LogP contribution is -2.35. The van der Waals surface area contributed by atoms with Crippen molar-refractivity contribution in [1.29, 1.82) is 0 Å². The number of benzene rings is 1. The molecule has 39 heavy (non-hydrogen) atoms. The van der Waals surface area contributed by atoms with E-state index in [2.05, 4.69) is 41.0 Å². The van der Waals surface area contributed by atoms with Crippen molar-refractivity contribution in [3.05, 3.63) is 53.6 Å². The number of pyridine rings is 1. The predicted molar refractivity (Wildman–Crippen MR) is 156 cm³/mol. The van der Waals surface area contributed by atoms with Crippen LogP contribution in [0.3, 0.4) is 0 Å². The number of hydrogen-bond acceptors (Lipinski definition) is 5. The molecule has 0 spiro atoms. The minimum absolute atomic E-state index is 0.108. The molecule has 0 unspecified atom stereocenters. The lowest BCUT2D eigenvalue weighted by atomic mass is 9.96. The van der Waals surface area contributed by atoms with Crippen LogP contribution in [0.25, 0.3) is 33.3 Å². The zero-order valence-corrected chi connectivity index (χ0v) is 24.5. The number of nitrogens with zero attached hydrogens (tertiary/aromatic N) is 6. The Hall–Kier alpha value is -3.52. The molecular formula is C31H42N6O2. The van der Waals surface area contributed by atoms with E-state index in [1.165, 1.54) is 5.69 Å². The molecule has 2 aliphatic heterocycles. The monoisotopic (exact) mass is 530 g/mol. The van der Waals surface area contributed by atoms with Crippen LogP contribution in [0.2, 0.25) is 0 Å². The van der Waals surface area contributed by atoms with Gasteiger partial charge in [-0.1, -0.05) is 45.9 Å². The Morgan fingerprint density at radius 2 is 1.79 bits per heavy atom. The molecule has 208 valence electrons. The summed E-state index contributed by atoms with van der Waals surface area (Å²) in [6.07, 6.45) is 6.59. The molecule has 1 saturated heterocycles. The molecule has 1 amide bonds. The molecule has 1 fully saturated rings. The van der Waals surface area contributed by atoms with Gasteiger partial charge in [0.25, 0.3) is 0 Å². The first-order valence-corrected chi connectivity index (χ1v) is 14.3. The maximum atomic E-state index is 12.2. The SMILES string of the molecule is CC.CC.CC(=O)N1CCc2c(c(-c3cccc4cc(-c5cnn(C)c5C)ncc34)nn2C2CCOCC2)C1. The van der Waals surface area contributed by atoms with Crippen LogP contribution < -0.4 is 0 Å². The first-order chi connectivity index (χ1) is 19.0. The van der Waals surface area contributed by atoms with Crippen molar-refractivity contribution in [2.45, 2.75) is 73.4 Å². The van der Waals surface area contributed by atoms with Gasteiger partial charge < -0.3 is 9.64 Å². The maximum absolute atomic E-state index is 12.2. The van der Waals surface area contributed by atoms with Crippen molar-refractivity contribution in [2.24, 2.45) is 7.05 Å². The summed E-state index contributed by atoms with van der Waals surface area (Å²) in [7, 11) is 1.94. The summed E-state index contributed by atoms with van der Waals surface area (Å²) in [5.41, 5.74) is 7.50. The molecule has 3 aromatic heterocycles. The van der Waals surface area contributed by atoms with Gasteiger partial charge in [0.05, 0.1) is 23.6 Å². The Morgan fingerprint density at radius 1 is 1.05 bits per heavy atom. The van der Waals surface area contributed by atoms with Crippen molar-refractivity contribution in [3.63, 3.8) is 0 Å². The first-order valence-electron chi connectivity index (χ1n) is 14.3. The number of amides is 1. The lowest BCUT2D eigenvalue weighted by Gasteiger charge is -2.29. The lowest BCUT2D eigenvalue weighted by molar-refractivity contribution is -0.129. The van der Waals surface area contributed by atoms with Crippen LogP contribution >= 0.6 is 0 Å². The Kier molecular flexibility index (Phi) is 9.17. The van der Waals surface area contributed by atoms with Gasteiger partial charge in [-0.3, -0.25) is 19.1 Å². The van der Waals surface area contributed by atoms with Crippen LogP contribution in [0.5, 0.6) is 0 Å². The van der Waals surface area contributed by atoms with Gasteiger partial charge in [-0.25, -0.2) is 0 Å². The van der Waals surface area contributed by atoms with E-state index in [0.717, 1.165) is 83.6 Å². The van der Waals surface area contributed by atoms with E-state index in [-0.39, 0.29) is 5.91 Å².